The molecule has 4 bridgehead atoms. The summed E-state index contributed by atoms with van der Waals surface area (Å²) in [5.74, 6) is -6.45. The van der Waals surface area contributed by atoms with Crippen LogP contribution in [0.2, 0.25) is 0 Å². The topological polar surface area (TPSA) is 196 Å². The van der Waals surface area contributed by atoms with Gasteiger partial charge in [-0.3, -0.25) is 23.9 Å². The number of hydrogen-bond acceptors (Lipinski definition) is 8. The van der Waals surface area contributed by atoms with Crippen molar-refractivity contribution >= 4 is 35.5 Å². The molecule has 0 aromatic heterocycles. The van der Waals surface area contributed by atoms with Gasteiger partial charge in [0.2, 0.25) is 6.04 Å². The molecule has 4 aliphatic rings. The second-order valence-electron chi connectivity index (χ2n) is 11.3. The van der Waals surface area contributed by atoms with Crippen molar-refractivity contribution in [1.29, 1.82) is 0 Å². The van der Waals surface area contributed by atoms with E-state index in [2.05, 4.69) is 0 Å². The van der Waals surface area contributed by atoms with Gasteiger partial charge < -0.3 is 30.4 Å². The van der Waals surface area contributed by atoms with Gasteiger partial charge in [0.1, 0.15) is 0 Å². The molecule has 2 aromatic rings. The first-order valence-corrected chi connectivity index (χ1v) is 13.8. The van der Waals surface area contributed by atoms with Crippen LogP contribution in [0.25, 0.3) is 11.1 Å². The highest BCUT2D eigenvalue weighted by Crippen LogP contribution is 2.64. The van der Waals surface area contributed by atoms with Gasteiger partial charge >= 0.3 is 29.8 Å². The minimum Gasteiger partial charge on any atom is -0.480 e. The quantitative estimate of drug-likeness (QED) is 0.242. The van der Waals surface area contributed by atoms with Gasteiger partial charge in [-0.2, -0.15) is 0 Å². The number of hydrogen-bond donors (Lipinski definition) is 5. The number of carboxylic acid groups (broad SMARTS) is 5. The van der Waals surface area contributed by atoms with E-state index in [1.165, 1.54) is 4.90 Å². The van der Waals surface area contributed by atoms with Gasteiger partial charge in [0, 0.05) is 43.9 Å². The highest BCUT2D eigenvalue weighted by atomic mass is 16.4. The van der Waals surface area contributed by atoms with Gasteiger partial charge in [0.05, 0.1) is 25.3 Å². The number of carboxylic acids is 5. The van der Waals surface area contributed by atoms with Crippen molar-refractivity contribution in [2.75, 3.05) is 70.3 Å². The Bertz CT molecular complexity index is 1480. The van der Waals surface area contributed by atoms with Gasteiger partial charge in [0.25, 0.3) is 0 Å². The lowest BCUT2D eigenvalue weighted by Crippen LogP contribution is -2.78. The Morgan fingerprint density at radius 2 is 1.21 bits per heavy atom. The monoisotopic (exact) mass is 597 g/mol. The number of rotatable bonds is 9. The first-order chi connectivity index (χ1) is 20.4. The maximum atomic E-state index is 13.6. The zero-order chi connectivity index (χ0) is 31.1. The lowest BCUT2D eigenvalue weighted by atomic mass is 9.60. The van der Waals surface area contributed by atoms with E-state index in [0.717, 1.165) is 16.8 Å². The molecule has 1 aliphatic carbocycles. The Morgan fingerprint density at radius 3 is 1.79 bits per heavy atom. The average molecular weight is 598 g/mol. The molecule has 6 rings (SSSR count). The normalized spacial score (nSPS) is 23.0. The highest BCUT2D eigenvalue weighted by molar-refractivity contribution is 5.99. The molecule has 43 heavy (non-hydrogen) atoms. The lowest BCUT2D eigenvalue weighted by Gasteiger charge is -2.64. The molecule has 5 N–H and O–H groups in total. The summed E-state index contributed by atoms with van der Waals surface area (Å²) in [6.45, 7) is -2.30. The van der Waals surface area contributed by atoms with Crippen molar-refractivity contribution in [2.45, 2.75) is 11.6 Å². The van der Waals surface area contributed by atoms with Crippen molar-refractivity contribution in [3.8, 4) is 11.1 Å². The molecule has 228 valence electrons. The minimum absolute atomic E-state index is 0.0905. The summed E-state index contributed by atoms with van der Waals surface area (Å²) in [4.78, 5) is 66.9. The Labute approximate surface area is 246 Å². The molecule has 2 atom stereocenters. The van der Waals surface area contributed by atoms with E-state index in [4.69, 9.17) is 0 Å². The third-order valence-corrected chi connectivity index (χ3v) is 8.80. The summed E-state index contributed by atoms with van der Waals surface area (Å²) in [6, 6.07) is 11.0. The lowest BCUT2D eigenvalue weighted by molar-refractivity contribution is -0.933. The average Bonchev–Trinajstić information content (AvgIpc) is 2.90. The summed E-state index contributed by atoms with van der Waals surface area (Å²) in [6.07, 6.45) is 0. The maximum Gasteiger partial charge on any atom is 0.365 e. The fraction of sp³-hybridized carbons (Fsp3) is 0.414. The molecule has 3 heterocycles. The molecule has 2 aromatic carbocycles. The van der Waals surface area contributed by atoms with Crippen LogP contribution in [-0.2, 0) is 29.5 Å². The second kappa shape index (κ2) is 11.3. The SMILES string of the molecule is O=C(O)CN1CCN(CC(=O)O)CC[N+](CC(=O)O)(CC(=O)O)C(C(=O)O)C23c4ccccc4-c4cccc2c4N3CC1. The van der Waals surface area contributed by atoms with E-state index < -0.39 is 65.5 Å². The molecular weight excluding hydrogens is 564 g/mol. The minimum atomic E-state index is -1.64. The van der Waals surface area contributed by atoms with E-state index in [-0.39, 0.29) is 45.8 Å². The number of aliphatic carboxylic acids is 5. The predicted octanol–water partition coefficient (Wildman–Crippen LogP) is -0.0434. The van der Waals surface area contributed by atoms with Crippen molar-refractivity contribution in [1.82, 2.24) is 9.80 Å². The molecule has 1 saturated heterocycles. The summed E-state index contributed by atoms with van der Waals surface area (Å²) < 4.78 is -0.885. The van der Waals surface area contributed by atoms with Crippen LogP contribution in [0.1, 0.15) is 11.1 Å². The van der Waals surface area contributed by atoms with Gasteiger partial charge in [0.15, 0.2) is 18.6 Å². The zero-order valence-electron chi connectivity index (χ0n) is 23.3. The van der Waals surface area contributed by atoms with E-state index in [9.17, 15) is 49.5 Å². The molecular formula is C29H33N4O10+. The largest absolute Gasteiger partial charge is 0.480 e. The zero-order valence-corrected chi connectivity index (χ0v) is 23.3. The number of carbonyl (C=O) groups is 5. The van der Waals surface area contributed by atoms with Crippen LogP contribution in [0.5, 0.6) is 0 Å². The standard InChI is InChI=1S/C29H32N4O10/c34-22(35)14-30-8-9-31(15-23(36)37)12-13-33(16-24(38)39,17-25(40)41)27(28(42)43)29-20-6-2-1-4-18(20)19-5-3-7-21(29)26(19)32(29)11-10-30/h1-7,27H,8-17H2,(H4-,34,35,36,37,38,39,40,41,42,43)/p+1. The molecule has 0 radical (unpaired) electrons. The van der Waals surface area contributed by atoms with Crippen molar-refractivity contribution in [3.63, 3.8) is 0 Å². The first-order valence-electron chi connectivity index (χ1n) is 13.8. The van der Waals surface area contributed by atoms with Crippen LogP contribution in [0.3, 0.4) is 0 Å². The highest BCUT2D eigenvalue weighted by Gasteiger charge is 2.69. The Balaban J connectivity index is 1.78. The summed E-state index contributed by atoms with van der Waals surface area (Å²) in [5, 5.41) is 50.4. The Morgan fingerprint density at radius 1 is 0.674 bits per heavy atom. The van der Waals surface area contributed by atoms with Crippen LogP contribution in [0.15, 0.2) is 42.5 Å². The smallest absolute Gasteiger partial charge is 0.365 e. The molecule has 0 saturated carbocycles. The molecule has 0 amide bonds. The van der Waals surface area contributed by atoms with Crippen LogP contribution >= 0.6 is 0 Å². The molecule has 1 fully saturated rings. The molecule has 14 nitrogen and oxygen atoms in total. The van der Waals surface area contributed by atoms with E-state index in [1.807, 2.05) is 23.1 Å². The summed E-state index contributed by atoms with van der Waals surface area (Å²) >= 11 is 0. The van der Waals surface area contributed by atoms with Crippen LogP contribution in [0, 0.1) is 0 Å². The molecule has 3 aliphatic heterocycles. The van der Waals surface area contributed by atoms with Crippen LogP contribution in [0.4, 0.5) is 5.69 Å². The van der Waals surface area contributed by atoms with E-state index in [1.54, 1.807) is 29.2 Å². The number of nitrogens with zero attached hydrogens (tertiary/aromatic N) is 4. The summed E-state index contributed by atoms with van der Waals surface area (Å²) in [5.41, 5.74) is 2.07. The number of anilines is 1. The van der Waals surface area contributed by atoms with Crippen LogP contribution in [-0.4, -0.2) is 141 Å². The fourth-order valence-electron chi connectivity index (χ4n) is 7.36. The van der Waals surface area contributed by atoms with Crippen molar-refractivity contribution < 1.29 is 54.0 Å². The molecule has 1 spiro atoms. The third kappa shape index (κ3) is 5.07. The third-order valence-electron chi connectivity index (χ3n) is 8.80. The van der Waals surface area contributed by atoms with Crippen LogP contribution < -0.4 is 4.90 Å². The Kier molecular flexibility index (Phi) is 7.86. The van der Waals surface area contributed by atoms with Gasteiger partial charge in [-0.25, -0.2) is 14.4 Å². The van der Waals surface area contributed by atoms with Gasteiger partial charge in [-0.15, -0.1) is 0 Å². The second-order valence-corrected chi connectivity index (χ2v) is 11.3. The van der Waals surface area contributed by atoms with E-state index >= 15 is 0 Å². The molecule has 14 heteroatoms. The fourth-order valence-corrected chi connectivity index (χ4v) is 7.36. The first kappa shape index (κ1) is 29.9. The number of quaternary nitrogens is 1. The predicted molar refractivity (Wildman–Crippen MR) is 150 cm³/mol. The number of para-hydroxylation sites is 1. The van der Waals surface area contributed by atoms with Crippen molar-refractivity contribution in [2.24, 2.45) is 0 Å². The number of benzene rings is 2. The van der Waals surface area contributed by atoms with Gasteiger partial charge in [-0.1, -0.05) is 42.5 Å². The maximum absolute atomic E-state index is 13.6. The van der Waals surface area contributed by atoms with E-state index in [0.29, 0.717) is 11.1 Å². The Hall–Kier alpha value is -4.53. The summed E-state index contributed by atoms with van der Waals surface area (Å²) in [7, 11) is 0. The van der Waals surface area contributed by atoms with Crippen molar-refractivity contribution in [3.05, 3.63) is 53.6 Å². The molecule has 2 unspecified atom stereocenters. The van der Waals surface area contributed by atoms with Gasteiger partial charge in [-0.05, 0) is 11.1 Å².